The number of aryl methyl sites for hydroxylation is 1. The van der Waals surface area contributed by atoms with Crippen molar-refractivity contribution in [3.63, 3.8) is 0 Å². The molecule has 0 spiro atoms. The molecule has 1 N–H and O–H groups in total. The van der Waals surface area contributed by atoms with Crippen LogP contribution in [-0.4, -0.2) is 41.5 Å². The van der Waals surface area contributed by atoms with Gasteiger partial charge in [0.1, 0.15) is 5.82 Å². The second-order valence-electron chi connectivity index (χ2n) is 4.55. The number of aromatic amines is 1. The van der Waals surface area contributed by atoms with Gasteiger partial charge in [-0.25, -0.2) is 17.7 Å². The van der Waals surface area contributed by atoms with E-state index >= 15 is 0 Å². The Balaban J connectivity index is 2.13. The summed E-state index contributed by atoms with van der Waals surface area (Å²) >= 11 is 0. The first-order valence-electron chi connectivity index (χ1n) is 6.02. The SMILES string of the molecule is CCS(=O)(=O)N1CCC[C@H](c2ncc(C)[nH]2)C1. The zero-order valence-corrected chi connectivity index (χ0v) is 11.1. The highest BCUT2D eigenvalue weighted by Gasteiger charge is 2.29. The van der Waals surface area contributed by atoms with E-state index in [1.54, 1.807) is 17.4 Å². The highest BCUT2D eigenvalue weighted by Crippen LogP contribution is 2.26. The van der Waals surface area contributed by atoms with Crippen molar-refractivity contribution in [2.45, 2.75) is 32.6 Å². The molecule has 5 nitrogen and oxygen atoms in total. The summed E-state index contributed by atoms with van der Waals surface area (Å²) in [4.78, 5) is 7.51. The van der Waals surface area contributed by atoms with Gasteiger partial charge in [0.05, 0.1) is 5.75 Å². The minimum atomic E-state index is -3.06. The summed E-state index contributed by atoms with van der Waals surface area (Å²) in [7, 11) is -3.06. The second-order valence-corrected chi connectivity index (χ2v) is 6.81. The van der Waals surface area contributed by atoms with Gasteiger partial charge in [-0.2, -0.15) is 0 Å². The fraction of sp³-hybridized carbons (Fsp3) is 0.727. The summed E-state index contributed by atoms with van der Waals surface area (Å²) in [5, 5.41) is 0. The van der Waals surface area contributed by atoms with Crippen molar-refractivity contribution < 1.29 is 8.42 Å². The molecule has 0 aliphatic carbocycles. The summed E-state index contributed by atoms with van der Waals surface area (Å²) < 4.78 is 25.3. The van der Waals surface area contributed by atoms with Crippen LogP contribution in [0.1, 0.15) is 37.2 Å². The molecule has 1 atom stereocenters. The van der Waals surface area contributed by atoms with Gasteiger partial charge < -0.3 is 4.98 Å². The highest BCUT2D eigenvalue weighted by atomic mass is 32.2. The molecule has 1 aliphatic heterocycles. The molecule has 96 valence electrons. The minimum Gasteiger partial charge on any atom is -0.346 e. The van der Waals surface area contributed by atoms with Crippen LogP contribution in [0.4, 0.5) is 0 Å². The first-order valence-corrected chi connectivity index (χ1v) is 7.63. The van der Waals surface area contributed by atoms with Crippen molar-refractivity contribution >= 4 is 10.0 Å². The Bertz CT molecular complexity index is 481. The molecule has 1 aliphatic rings. The third-order valence-electron chi connectivity index (χ3n) is 3.25. The molecule has 0 bridgehead atoms. The molecule has 1 saturated heterocycles. The predicted molar refractivity (Wildman–Crippen MR) is 66.3 cm³/mol. The lowest BCUT2D eigenvalue weighted by Crippen LogP contribution is -2.40. The number of aromatic nitrogens is 2. The Morgan fingerprint density at radius 3 is 2.94 bits per heavy atom. The van der Waals surface area contributed by atoms with Crippen molar-refractivity contribution in [3.8, 4) is 0 Å². The molecular weight excluding hydrogens is 238 g/mol. The van der Waals surface area contributed by atoms with E-state index in [-0.39, 0.29) is 11.7 Å². The summed E-state index contributed by atoms with van der Waals surface area (Å²) in [5.41, 5.74) is 1.02. The van der Waals surface area contributed by atoms with E-state index in [0.717, 1.165) is 24.4 Å². The standard InChI is InChI=1S/C11H19N3O2S/c1-3-17(15,16)14-6-4-5-10(8-14)11-12-7-9(2)13-11/h7,10H,3-6,8H2,1-2H3,(H,12,13)/t10-/m0/s1. The average Bonchev–Trinajstić information content (AvgIpc) is 2.76. The number of sulfonamides is 1. The van der Waals surface area contributed by atoms with Crippen LogP contribution in [0.15, 0.2) is 6.20 Å². The highest BCUT2D eigenvalue weighted by molar-refractivity contribution is 7.89. The van der Waals surface area contributed by atoms with Crippen molar-refractivity contribution in [2.24, 2.45) is 0 Å². The third-order valence-corrected chi connectivity index (χ3v) is 5.10. The lowest BCUT2D eigenvalue weighted by Gasteiger charge is -2.30. The number of nitrogens with one attached hydrogen (secondary N) is 1. The molecule has 1 aromatic heterocycles. The van der Waals surface area contributed by atoms with Crippen LogP contribution in [0.2, 0.25) is 0 Å². The van der Waals surface area contributed by atoms with Crippen molar-refractivity contribution in [1.82, 2.24) is 14.3 Å². The molecule has 0 aromatic carbocycles. The Labute approximate surface area is 102 Å². The van der Waals surface area contributed by atoms with Gasteiger partial charge in [0, 0.05) is 30.9 Å². The number of rotatable bonds is 3. The lowest BCUT2D eigenvalue weighted by atomic mass is 9.99. The molecule has 0 radical (unpaired) electrons. The number of hydrogen-bond acceptors (Lipinski definition) is 3. The maximum atomic E-state index is 11.8. The van der Waals surface area contributed by atoms with Gasteiger partial charge in [-0.3, -0.25) is 0 Å². The number of piperidine rings is 1. The van der Waals surface area contributed by atoms with E-state index in [9.17, 15) is 8.42 Å². The van der Waals surface area contributed by atoms with Gasteiger partial charge in [-0.05, 0) is 26.7 Å². The topological polar surface area (TPSA) is 66.1 Å². The predicted octanol–water partition coefficient (Wildman–Crippen LogP) is 1.25. The third kappa shape index (κ3) is 2.69. The van der Waals surface area contributed by atoms with Crippen LogP contribution < -0.4 is 0 Å². The zero-order chi connectivity index (χ0) is 12.5. The van der Waals surface area contributed by atoms with E-state index in [2.05, 4.69) is 9.97 Å². The van der Waals surface area contributed by atoms with Crippen molar-refractivity contribution in [3.05, 3.63) is 17.7 Å². The quantitative estimate of drug-likeness (QED) is 0.886. The van der Waals surface area contributed by atoms with Crippen LogP contribution >= 0.6 is 0 Å². The maximum absolute atomic E-state index is 11.8. The number of H-pyrrole nitrogens is 1. The first-order chi connectivity index (χ1) is 8.03. The second kappa shape index (κ2) is 4.78. The molecule has 2 heterocycles. The molecule has 6 heteroatoms. The molecular formula is C11H19N3O2S. The fourth-order valence-electron chi connectivity index (χ4n) is 2.24. The van der Waals surface area contributed by atoms with E-state index < -0.39 is 10.0 Å². The van der Waals surface area contributed by atoms with Gasteiger partial charge in [0.2, 0.25) is 10.0 Å². The molecule has 1 aromatic rings. The van der Waals surface area contributed by atoms with Crippen molar-refractivity contribution in [2.75, 3.05) is 18.8 Å². The average molecular weight is 257 g/mol. The Morgan fingerprint density at radius 2 is 2.35 bits per heavy atom. The maximum Gasteiger partial charge on any atom is 0.213 e. The van der Waals surface area contributed by atoms with Gasteiger partial charge in [-0.1, -0.05) is 0 Å². The summed E-state index contributed by atoms with van der Waals surface area (Å²) in [6.07, 6.45) is 3.70. The largest absolute Gasteiger partial charge is 0.346 e. The molecule has 0 saturated carbocycles. The summed E-state index contributed by atoms with van der Waals surface area (Å²) in [5.74, 6) is 1.30. The number of hydrogen-bond donors (Lipinski definition) is 1. The van der Waals surface area contributed by atoms with Gasteiger partial charge in [0.15, 0.2) is 0 Å². The van der Waals surface area contributed by atoms with E-state index in [0.29, 0.717) is 13.1 Å². The van der Waals surface area contributed by atoms with Crippen LogP contribution in [0.5, 0.6) is 0 Å². The minimum absolute atomic E-state index is 0.177. The normalized spacial score (nSPS) is 22.8. The molecule has 17 heavy (non-hydrogen) atoms. The van der Waals surface area contributed by atoms with Crippen LogP contribution in [0, 0.1) is 6.92 Å². The molecule has 0 unspecified atom stereocenters. The van der Waals surface area contributed by atoms with E-state index in [1.165, 1.54) is 0 Å². The monoisotopic (exact) mass is 257 g/mol. The van der Waals surface area contributed by atoms with E-state index in [1.807, 2.05) is 6.92 Å². The Morgan fingerprint density at radius 1 is 1.59 bits per heavy atom. The fourth-order valence-corrected chi connectivity index (χ4v) is 3.42. The Kier molecular flexibility index (Phi) is 3.53. The number of imidazole rings is 1. The number of nitrogens with zero attached hydrogens (tertiary/aromatic N) is 2. The van der Waals surface area contributed by atoms with Crippen LogP contribution in [0.25, 0.3) is 0 Å². The van der Waals surface area contributed by atoms with Crippen LogP contribution in [-0.2, 0) is 10.0 Å². The smallest absolute Gasteiger partial charge is 0.213 e. The van der Waals surface area contributed by atoms with Gasteiger partial charge >= 0.3 is 0 Å². The van der Waals surface area contributed by atoms with E-state index in [4.69, 9.17) is 0 Å². The van der Waals surface area contributed by atoms with Gasteiger partial charge in [0.25, 0.3) is 0 Å². The molecule has 1 fully saturated rings. The molecule has 2 rings (SSSR count). The molecule has 0 amide bonds. The summed E-state index contributed by atoms with van der Waals surface area (Å²) in [6.45, 7) is 4.85. The van der Waals surface area contributed by atoms with Crippen molar-refractivity contribution in [1.29, 1.82) is 0 Å². The lowest BCUT2D eigenvalue weighted by molar-refractivity contribution is 0.310. The van der Waals surface area contributed by atoms with Crippen LogP contribution in [0.3, 0.4) is 0 Å². The first kappa shape index (κ1) is 12.6. The van der Waals surface area contributed by atoms with Gasteiger partial charge in [-0.15, -0.1) is 0 Å². The Hall–Kier alpha value is -0.880. The summed E-state index contributed by atoms with van der Waals surface area (Å²) in [6, 6.07) is 0. The zero-order valence-electron chi connectivity index (χ0n) is 10.3.